The Kier molecular flexibility index (Phi) is 6.97. The Morgan fingerprint density at radius 2 is 1.50 bits per heavy atom. The second-order valence-electron chi connectivity index (χ2n) is 5.87. The summed E-state index contributed by atoms with van der Waals surface area (Å²) in [5, 5.41) is 5.37. The minimum Gasteiger partial charge on any atom is -0.493 e. The predicted octanol–water partition coefficient (Wildman–Crippen LogP) is 2.85. The molecule has 0 aliphatic heterocycles. The van der Waals surface area contributed by atoms with Crippen molar-refractivity contribution in [3.8, 4) is 11.5 Å². The van der Waals surface area contributed by atoms with Crippen LogP contribution in [0.15, 0.2) is 42.5 Å². The van der Waals surface area contributed by atoms with Gasteiger partial charge in [-0.3, -0.25) is 9.59 Å². The van der Waals surface area contributed by atoms with Crippen LogP contribution in [-0.2, 0) is 14.3 Å². The Bertz CT molecular complexity index is 863. The van der Waals surface area contributed by atoms with Crippen LogP contribution in [0.5, 0.6) is 11.5 Å². The van der Waals surface area contributed by atoms with Gasteiger partial charge in [0.25, 0.3) is 5.91 Å². The van der Waals surface area contributed by atoms with E-state index in [1.54, 1.807) is 31.2 Å². The van der Waals surface area contributed by atoms with Crippen molar-refractivity contribution in [2.45, 2.75) is 20.0 Å². The lowest BCUT2D eigenvalue weighted by Gasteiger charge is -2.17. The molecule has 28 heavy (non-hydrogen) atoms. The monoisotopic (exact) mass is 386 g/mol. The molecule has 0 saturated carbocycles. The molecular formula is C20H22N2O6. The molecule has 0 bridgehead atoms. The number of benzene rings is 2. The first-order valence-corrected chi connectivity index (χ1v) is 8.45. The molecule has 0 saturated heterocycles. The number of esters is 1. The summed E-state index contributed by atoms with van der Waals surface area (Å²) < 4.78 is 15.6. The van der Waals surface area contributed by atoms with E-state index in [9.17, 15) is 14.4 Å². The van der Waals surface area contributed by atoms with E-state index >= 15 is 0 Å². The summed E-state index contributed by atoms with van der Waals surface area (Å²) in [6.07, 6.45) is -0.826. The van der Waals surface area contributed by atoms with E-state index in [2.05, 4.69) is 15.4 Å². The quantitative estimate of drug-likeness (QED) is 0.710. The van der Waals surface area contributed by atoms with Gasteiger partial charge in [-0.15, -0.1) is 0 Å². The van der Waals surface area contributed by atoms with Crippen molar-refractivity contribution in [1.29, 1.82) is 0 Å². The molecule has 0 aromatic heterocycles. The van der Waals surface area contributed by atoms with Gasteiger partial charge in [-0.1, -0.05) is 0 Å². The maximum Gasteiger partial charge on any atom is 0.337 e. The molecule has 2 rings (SSSR count). The molecule has 0 heterocycles. The number of anilines is 2. The highest BCUT2D eigenvalue weighted by molar-refractivity contribution is 5.95. The van der Waals surface area contributed by atoms with Crippen molar-refractivity contribution in [1.82, 2.24) is 0 Å². The summed E-state index contributed by atoms with van der Waals surface area (Å²) in [6.45, 7) is 3.01. The summed E-state index contributed by atoms with van der Waals surface area (Å²) in [4.78, 5) is 35.0. The van der Waals surface area contributed by atoms with E-state index in [-0.39, 0.29) is 11.8 Å². The van der Waals surface area contributed by atoms with Gasteiger partial charge in [0.05, 0.1) is 19.8 Å². The third kappa shape index (κ3) is 5.47. The molecule has 148 valence electrons. The van der Waals surface area contributed by atoms with Gasteiger partial charge in [0.15, 0.2) is 17.6 Å². The lowest BCUT2D eigenvalue weighted by Crippen LogP contribution is -2.30. The standard InChI is InChI=1S/C20H22N2O6/c1-12(19(24)22-16-8-6-15(7-9-16)21-13(2)23)28-17-10-5-14(20(25)27-4)11-18(17)26-3/h5-12H,1-4H3,(H,21,23)(H,22,24)/t12-/m1/s1. The minimum absolute atomic E-state index is 0.175. The normalized spacial score (nSPS) is 11.1. The van der Waals surface area contributed by atoms with Gasteiger partial charge in [-0.2, -0.15) is 0 Å². The molecule has 1 atom stereocenters. The maximum atomic E-state index is 12.4. The van der Waals surface area contributed by atoms with Crippen molar-refractivity contribution in [3.63, 3.8) is 0 Å². The summed E-state index contributed by atoms with van der Waals surface area (Å²) >= 11 is 0. The van der Waals surface area contributed by atoms with E-state index in [1.165, 1.54) is 39.3 Å². The second-order valence-corrected chi connectivity index (χ2v) is 5.87. The molecule has 0 spiro atoms. The molecule has 0 unspecified atom stereocenters. The zero-order chi connectivity index (χ0) is 20.7. The first-order valence-electron chi connectivity index (χ1n) is 8.45. The lowest BCUT2D eigenvalue weighted by molar-refractivity contribution is -0.122. The Morgan fingerprint density at radius 1 is 0.893 bits per heavy atom. The van der Waals surface area contributed by atoms with Crippen LogP contribution in [0.4, 0.5) is 11.4 Å². The van der Waals surface area contributed by atoms with E-state index in [1.807, 2.05) is 0 Å². The van der Waals surface area contributed by atoms with Crippen LogP contribution >= 0.6 is 0 Å². The SMILES string of the molecule is COC(=O)c1ccc(O[C@H](C)C(=O)Nc2ccc(NC(C)=O)cc2)c(OC)c1. The Morgan fingerprint density at radius 3 is 2.04 bits per heavy atom. The fraction of sp³-hybridized carbons (Fsp3) is 0.250. The number of hydrogen-bond acceptors (Lipinski definition) is 6. The number of nitrogens with one attached hydrogen (secondary N) is 2. The summed E-state index contributed by atoms with van der Waals surface area (Å²) in [7, 11) is 2.72. The van der Waals surface area contributed by atoms with Gasteiger partial charge in [0.2, 0.25) is 5.91 Å². The second kappa shape index (κ2) is 9.40. The Balaban J connectivity index is 2.03. The highest BCUT2D eigenvalue weighted by Crippen LogP contribution is 2.29. The molecule has 2 aromatic rings. The van der Waals surface area contributed by atoms with Crippen molar-refractivity contribution in [2.75, 3.05) is 24.9 Å². The van der Waals surface area contributed by atoms with Crippen molar-refractivity contribution >= 4 is 29.2 Å². The topological polar surface area (TPSA) is 103 Å². The van der Waals surface area contributed by atoms with Gasteiger partial charge in [0, 0.05) is 18.3 Å². The van der Waals surface area contributed by atoms with Crippen LogP contribution in [0.2, 0.25) is 0 Å². The van der Waals surface area contributed by atoms with Gasteiger partial charge in [-0.25, -0.2) is 4.79 Å². The summed E-state index contributed by atoms with van der Waals surface area (Å²) in [5.74, 6) is -0.420. The van der Waals surface area contributed by atoms with Gasteiger partial charge < -0.3 is 24.8 Å². The van der Waals surface area contributed by atoms with E-state index in [0.717, 1.165) is 0 Å². The van der Waals surface area contributed by atoms with Crippen LogP contribution in [0.25, 0.3) is 0 Å². The predicted molar refractivity (Wildman–Crippen MR) is 104 cm³/mol. The molecule has 0 radical (unpaired) electrons. The average Bonchev–Trinajstić information content (AvgIpc) is 2.68. The van der Waals surface area contributed by atoms with Crippen LogP contribution in [0.3, 0.4) is 0 Å². The van der Waals surface area contributed by atoms with E-state index < -0.39 is 12.1 Å². The zero-order valence-corrected chi connectivity index (χ0v) is 16.1. The number of hydrogen-bond donors (Lipinski definition) is 2. The van der Waals surface area contributed by atoms with Crippen LogP contribution in [-0.4, -0.2) is 38.1 Å². The van der Waals surface area contributed by atoms with Crippen molar-refractivity contribution in [3.05, 3.63) is 48.0 Å². The first-order chi connectivity index (χ1) is 13.3. The molecule has 8 heteroatoms. The largest absolute Gasteiger partial charge is 0.493 e. The molecule has 8 nitrogen and oxygen atoms in total. The number of carbonyl (C=O) groups is 3. The van der Waals surface area contributed by atoms with Crippen molar-refractivity contribution in [2.24, 2.45) is 0 Å². The lowest BCUT2D eigenvalue weighted by atomic mass is 10.2. The Labute approximate surface area is 162 Å². The van der Waals surface area contributed by atoms with Crippen LogP contribution in [0.1, 0.15) is 24.2 Å². The van der Waals surface area contributed by atoms with Crippen LogP contribution in [0, 0.1) is 0 Å². The fourth-order valence-electron chi connectivity index (χ4n) is 2.34. The minimum atomic E-state index is -0.826. The maximum absolute atomic E-state index is 12.4. The van der Waals surface area contributed by atoms with Crippen molar-refractivity contribution < 1.29 is 28.6 Å². The third-order valence-corrected chi connectivity index (χ3v) is 3.73. The van der Waals surface area contributed by atoms with Crippen LogP contribution < -0.4 is 20.1 Å². The summed E-state index contributed by atoms with van der Waals surface area (Å²) in [6, 6.07) is 11.2. The van der Waals surface area contributed by atoms with Gasteiger partial charge >= 0.3 is 5.97 Å². The molecular weight excluding hydrogens is 364 g/mol. The number of methoxy groups -OCH3 is 2. The third-order valence-electron chi connectivity index (χ3n) is 3.73. The summed E-state index contributed by atoms with van der Waals surface area (Å²) in [5.41, 5.74) is 1.50. The molecule has 0 fully saturated rings. The smallest absolute Gasteiger partial charge is 0.337 e. The molecule has 2 amide bonds. The Hall–Kier alpha value is -3.55. The van der Waals surface area contributed by atoms with E-state index in [0.29, 0.717) is 28.4 Å². The highest BCUT2D eigenvalue weighted by Gasteiger charge is 2.18. The number of carbonyl (C=O) groups excluding carboxylic acids is 3. The number of amides is 2. The zero-order valence-electron chi connectivity index (χ0n) is 16.1. The average molecular weight is 386 g/mol. The molecule has 2 N–H and O–H groups in total. The molecule has 0 aliphatic rings. The highest BCUT2D eigenvalue weighted by atomic mass is 16.5. The van der Waals surface area contributed by atoms with Gasteiger partial charge in [0.1, 0.15) is 0 Å². The van der Waals surface area contributed by atoms with E-state index in [4.69, 9.17) is 9.47 Å². The fourth-order valence-corrected chi connectivity index (χ4v) is 2.34. The first kappa shape index (κ1) is 20.8. The number of ether oxygens (including phenoxy) is 3. The number of rotatable bonds is 7. The van der Waals surface area contributed by atoms with Gasteiger partial charge in [-0.05, 0) is 49.4 Å². The molecule has 2 aromatic carbocycles. The molecule has 0 aliphatic carbocycles.